The summed E-state index contributed by atoms with van der Waals surface area (Å²) in [5, 5.41) is 67.9. The third-order valence-electron chi connectivity index (χ3n) is 15.8. The largest absolute Gasteiger partial charge is 0.472 e. The van der Waals surface area contributed by atoms with Crippen molar-refractivity contribution in [2.75, 3.05) is 50.2 Å². The Morgan fingerprint density at radius 3 is 1.12 bits per heavy atom. The number of hydrogen-bond donors (Lipinski definition) is 17. The molecule has 5 saturated heterocycles. The number of H-pyrrole nitrogens is 2. The molecule has 5 aliphatic rings. The zero-order chi connectivity index (χ0) is 74.7. The number of nitrogens with one attached hydrogen (secondary N) is 2. The second kappa shape index (κ2) is 30.2. The van der Waals surface area contributed by atoms with Gasteiger partial charge in [0.1, 0.15) is 115 Å². The second-order valence-corrected chi connectivity index (χ2v) is 29.5. The minimum absolute atomic E-state index is 0.107. The predicted molar refractivity (Wildman–Crippen MR) is 324 cm³/mol. The number of imidazole rings is 1. The normalized spacial score (nSPS) is 32.7. The Morgan fingerprint density at radius 2 is 0.748 bits per heavy atom. The average molecular weight is 1570 g/mol. The lowest BCUT2D eigenvalue weighted by molar-refractivity contribution is -0.0658. The van der Waals surface area contributed by atoms with Crippen molar-refractivity contribution in [1.82, 2.24) is 57.7 Å². The Morgan fingerprint density at radius 1 is 0.417 bits per heavy atom. The van der Waals surface area contributed by atoms with Crippen LogP contribution in [0.25, 0.3) is 11.2 Å². The van der Waals surface area contributed by atoms with Gasteiger partial charge in [0.05, 0.1) is 39.4 Å². The summed E-state index contributed by atoms with van der Waals surface area (Å²) in [5.41, 5.74) is 10.2. The van der Waals surface area contributed by atoms with Crippen molar-refractivity contribution in [3.8, 4) is 0 Å². The Bertz CT molecular complexity index is 4750. The van der Waals surface area contributed by atoms with Crippen molar-refractivity contribution in [3.63, 3.8) is 0 Å². The molecule has 52 nitrogen and oxygen atoms in total. The lowest BCUT2D eigenvalue weighted by atomic mass is 10.1. The maximum Gasteiger partial charge on any atom is 0.472 e. The van der Waals surface area contributed by atoms with Crippen LogP contribution in [-0.2, 0) is 87.2 Å². The van der Waals surface area contributed by atoms with Crippen LogP contribution in [0.4, 0.5) is 17.5 Å². The van der Waals surface area contributed by atoms with Crippen molar-refractivity contribution in [2.45, 2.75) is 123 Å². The Balaban J connectivity index is 0.813. The van der Waals surface area contributed by atoms with Gasteiger partial charge in [-0.05, 0) is 12.1 Å². The monoisotopic (exact) mass is 1570 g/mol. The van der Waals surface area contributed by atoms with Crippen molar-refractivity contribution < 1.29 is 147 Å². The molecule has 0 bridgehead atoms. The van der Waals surface area contributed by atoms with Crippen LogP contribution in [0.15, 0.2) is 90.5 Å². The minimum Gasteiger partial charge on any atom is -0.387 e. The molecule has 0 aliphatic carbocycles. The zero-order valence-electron chi connectivity index (χ0n) is 51.4. The summed E-state index contributed by atoms with van der Waals surface area (Å²) in [6.07, 6.45) is -36.1. The topological polar surface area (TPSA) is 758 Å². The molecule has 103 heavy (non-hydrogen) atoms. The molecular formula is C46H60N15O37P5. The quantitative estimate of drug-likeness (QED) is 0.0203. The van der Waals surface area contributed by atoms with Gasteiger partial charge in [0.2, 0.25) is 0 Å². The first-order valence-electron chi connectivity index (χ1n) is 29.2. The molecule has 20 N–H and O–H groups in total. The SMILES string of the molecule is Nc1ccn([C@@H]2O[C@H](COP(=O)(O)O[C@H]3[C@@H](O)[C@H](n4ccc(N)nc4=O)O[C@@H]3COP(=O)(O)O[C@H]3[C@@H](O)[C@H](n4cnc5c(N)ncnc54)O[C@@H]3COP(=O)(O)O[C@H]3[C@@H](O)[C@H](n4ccc(=O)[nH]c4=O)O[C@@H]3COP(=O)(O)O[C@H]3[C@@H](O)[C@H](n4ccc(=O)[nH]c4=O)O[C@@H]3COP(=O)(O)O)[C@@H](O)[C@H]2O)c(=O)n1. The van der Waals surface area contributed by atoms with Crippen molar-refractivity contribution in [2.24, 2.45) is 0 Å². The van der Waals surface area contributed by atoms with E-state index in [-0.39, 0.29) is 28.6 Å². The number of rotatable bonds is 28. The first kappa shape index (κ1) is 77.3. The maximum atomic E-state index is 14.2. The highest BCUT2D eigenvalue weighted by Gasteiger charge is 2.56. The first-order valence-corrected chi connectivity index (χ1v) is 36.7. The van der Waals surface area contributed by atoms with Crippen molar-refractivity contribution >= 4 is 67.7 Å². The molecule has 4 unspecified atom stereocenters. The number of anilines is 3. The van der Waals surface area contributed by atoms with Gasteiger partial charge in [-0.25, -0.2) is 57.0 Å². The number of nitrogen functional groups attached to an aromatic ring is 3. The summed E-state index contributed by atoms with van der Waals surface area (Å²) in [7, 11) is -28.6. The fourth-order valence-corrected chi connectivity index (χ4v) is 15.3. The number of aliphatic hydroxyl groups is 6. The van der Waals surface area contributed by atoms with Gasteiger partial charge in [-0.15, -0.1) is 0 Å². The molecule has 24 atom stereocenters. The molecule has 566 valence electrons. The van der Waals surface area contributed by atoms with Gasteiger partial charge in [-0.1, -0.05) is 0 Å². The highest BCUT2D eigenvalue weighted by Crippen LogP contribution is 2.55. The van der Waals surface area contributed by atoms with Crippen LogP contribution >= 0.6 is 39.1 Å². The minimum atomic E-state index is -5.94. The van der Waals surface area contributed by atoms with Gasteiger partial charge in [0.15, 0.2) is 42.6 Å². The second-order valence-electron chi connectivity index (χ2n) is 22.6. The van der Waals surface area contributed by atoms with Crippen LogP contribution in [0, 0.1) is 0 Å². The summed E-state index contributed by atoms with van der Waals surface area (Å²) in [5.74, 6) is -0.762. The van der Waals surface area contributed by atoms with E-state index in [2.05, 4.69) is 29.4 Å². The van der Waals surface area contributed by atoms with Crippen LogP contribution in [-0.4, -0.2) is 242 Å². The van der Waals surface area contributed by atoms with E-state index in [4.69, 9.17) is 77.1 Å². The Kier molecular flexibility index (Phi) is 22.7. The van der Waals surface area contributed by atoms with E-state index in [1.54, 1.807) is 0 Å². The van der Waals surface area contributed by atoms with E-state index < -0.39 is 229 Å². The lowest BCUT2D eigenvalue weighted by Gasteiger charge is -2.27. The lowest BCUT2D eigenvalue weighted by Crippen LogP contribution is -2.39. The molecule has 0 radical (unpaired) electrons. The summed E-state index contributed by atoms with van der Waals surface area (Å²) in [6, 6.07) is 3.75. The number of ether oxygens (including phenoxy) is 5. The molecule has 0 saturated carbocycles. The molecule has 11 heterocycles. The zero-order valence-corrected chi connectivity index (χ0v) is 55.8. The van der Waals surface area contributed by atoms with Gasteiger partial charge in [-0.3, -0.25) is 83.1 Å². The Hall–Kier alpha value is -6.82. The molecule has 5 aliphatic heterocycles. The molecule has 0 amide bonds. The standard InChI is InChI=1S/C46H60N15O37P5/c47-21-1-5-57(43(70)53-21)38-27(65)26(64)16(90-38)9-86-100(77,78)96-33-18(92-39(29(33)67)58-6-2-22(48)54-44(58)71)11-88-103(83,84)98-35-20(94-42(31(35)69)61-15-52-25-36(49)50-14-51-37(25)61)13-89-102(81,82)97-34-19(93-41(30(34)68)60-8-4-24(63)56-46(60)73)12-87-101(79,80)95-32-17(10-85-99(74,75)76)91-40(28(32)66)59-7-3-23(62)55-45(59)72/h1-8,14-20,26-35,38-42,64-69H,9-13H2,(H,77,78)(H,79,80)(H,81,82)(H,83,84)(H2,47,53,70)(H2,48,54,71)(H2,49,50,51)(H,55,62,72)(H,56,63,73)(H2,74,75,76)/t16-,17-,18-,19-,20-,26-,27-,28-,29-,30-,31-,32-,33-,34-,35-,38-,39-,40-,41-,42-/m1/s1. The van der Waals surface area contributed by atoms with E-state index >= 15 is 0 Å². The third kappa shape index (κ3) is 17.4. The van der Waals surface area contributed by atoms with Crippen LogP contribution < -0.4 is 51.1 Å². The molecule has 0 aromatic carbocycles. The van der Waals surface area contributed by atoms with E-state index in [0.717, 1.165) is 70.8 Å². The highest BCUT2D eigenvalue weighted by atomic mass is 31.2. The fraction of sp³-hybridized carbons (Fsp3) is 0.543. The number of aromatic amines is 2. The summed E-state index contributed by atoms with van der Waals surface area (Å²) in [6.45, 7) is -6.51. The molecule has 6 aromatic heterocycles. The van der Waals surface area contributed by atoms with E-state index in [1.165, 1.54) is 0 Å². The van der Waals surface area contributed by atoms with E-state index in [9.17, 15) is 112 Å². The maximum absolute atomic E-state index is 14.2. The number of hydrogen-bond acceptors (Lipinski definition) is 39. The number of phosphoric acid groups is 5. The predicted octanol–water partition coefficient (Wildman–Crippen LogP) is -8.04. The smallest absolute Gasteiger partial charge is 0.387 e. The number of nitrogens with zero attached hydrogens (tertiary/aromatic N) is 10. The number of phosphoric ester groups is 5. The van der Waals surface area contributed by atoms with Crippen LogP contribution in [0.3, 0.4) is 0 Å². The number of aromatic nitrogens is 12. The van der Waals surface area contributed by atoms with Gasteiger partial charge < -0.3 is 101 Å². The molecular weight excluding hydrogens is 1510 g/mol. The highest BCUT2D eigenvalue weighted by molar-refractivity contribution is 7.48. The fourth-order valence-electron chi connectivity index (χ4n) is 11.1. The molecule has 0 spiro atoms. The van der Waals surface area contributed by atoms with E-state index in [0.29, 0.717) is 13.7 Å². The van der Waals surface area contributed by atoms with Crippen molar-refractivity contribution in [3.05, 3.63) is 124 Å². The average Bonchev–Trinajstić information content (AvgIpc) is 1.64. The number of aliphatic hydroxyl groups excluding tert-OH is 6. The van der Waals surface area contributed by atoms with E-state index in [1.807, 2.05) is 9.97 Å². The van der Waals surface area contributed by atoms with Crippen LogP contribution in [0.2, 0.25) is 0 Å². The van der Waals surface area contributed by atoms with Crippen LogP contribution in [0.1, 0.15) is 31.1 Å². The molecule has 57 heteroatoms. The Labute approximate surface area is 568 Å². The third-order valence-corrected chi connectivity index (χ3v) is 20.2. The van der Waals surface area contributed by atoms with Gasteiger partial charge in [-0.2, -0.15) is 9.97 Å². The number of fused-ring (bicyclic) bond motifs is 1. The molecule has 6 aromatic rings. The van der Waals surface area contributed by atoms with Gasteiger partial charge in [0, 0.05) is 36.9 Å². The summed E-state index contributed by atoms with van der Waals surface area (Å²) >= 11 is 0. The van der Waals surface area contributed by atoms with Gasteiger partial charge in [0.25, 0.3) is 11.1 Å². The summed E-state index contributed by atoms with van der Waals surface area (Å²) < 4.78 is 145. The number of nitrogens with two attached hydrogens (primary N) is 3. The van der Waals surface area contributed by atoms with Gasteiger partial charge >= 0.3 is 61.9 Å². The molecule has 5 fully saturated rings. The first-order chi connectivity index (χ1) is 48.3. The van der Waals surface area contributed by atoms with Crippen molar-refractivity contribution in [1.29, 1.82) is 0 Å². The summed E-state index contributed by atoms with van der Waals surface area (Å²) in [4.78, 5) is 161. The molecule has 11 rings (SSSR count). The van der Waals surface area contributed by atoms with Crippen LogP contribution in [0.5, 0.6) is 0 Å².